The Morgan fingerprint density at radius 2 is 1.74 bits per heavy atom. The summed E-state index contributed by atoms with van der Waals surface area (Å²) in [6, 6.07) is 8.74. The van der Waals surface area contributed by atoms with Gasteiger partial charge in [0.05, 0.1) is 19.3 Å². The maximum atomic E-state index is 13.5. The van der Waals surface area contributed by atoms with Crippen LogP contribution in [0.1, 0.15) is 43.6 Å². The van der Waals surface area contributed by atoms with E-state index in [9.17, 15) is 9.59 Å². The molecular formula is C25H32N2O4. The van der Waals surface area contributed by atoms with Crippen LogP contribution in [0.25, 0.3) is 11.8 Å². The van der Waals surface area contributed by atoms with E-state index in [-0.39, 0.29) is 11.3 Å². The van der Waals surface area contributed by atoms with Gasteiger partial charge in [0.2, 0.25) is 0 Å². The molecule has 0 aliphatic heterocycles. The average Bonchev–Trinajstić information content (AvgIpc) is 3.57. The lowest BCUT2D eigenvalue weighted by atomic mass is 10.0. The molecule has 0 N–H and O–H groups in total. The Balaban J connectivity index is 2.11. The van der Waals surface area contributed by atoms with Crippen LogP contribution in [0, 0.1) is 19.8 Å². The molecule has 1 aliphatic carbocycles. The standard InChI is InChI=1S/C25H32N2O4/c1-6-26(7-2)25(29)22(15-27-17(3)12-21(28)13-18(27)4)20-10-11-23(30-5)24(14-20)31-16-19-8-9-19/h10-15,19H,6-9,16H2,1-5H3/b22-15-. The van der Waals surface area contributed by atoms with Crippen molar-refractivity contribution < 1.29 is 14.3 Å². The number of benzene rings is 1. The first-order valence-electron chi connectivity index (χ1n) is 10.9. The van der Waals surface area contributed by atoms with E-state index in [4.69, 9.17) is 9.47 Å². The number of likely N-dealkylation sites (N-methyl/N-ethyl adjacent to an activating group) is 1. The lowest BCUT2D eigenvalue weighted by Gasteiger charge is -2.22. The highest BCUT2D eigenvalue weighted by atomic mass is 16.5. The normalized spacial score (nSPS) is 13.8. The number of nitrogens with zero attached hydrogens (tertiary/aromatic N) is 2. The number of ether oxygens (including phenoxy) is 2. The minimum Gasteiger partial charge on any atom is -0.493 e. The summed E-state index contributed by atoms with van der Waals surface area (Å²) in [6.07, 6.45) is 4.20. The summed E-state index contributed by atoms with van der Waals surface area (Å²) >= 11 is 0. The van der Waals surface area contributed by atoms with Crippen molar-refractivity contribution in [2.24, 2.45) is 5.92 Å². The van der Waals surface area contributed by atoms with Crippen LogP contribution in [-0.2, 0) is 4.79 Å². The summed E-state index contributed by atoms with van der Waals surface area (Å²) in [4.78, 5) is 27.1. The molecule has 166 valence electrons. The predicted octanol–water partition coefficient (Wildman–Crippen LogP) is 4.13. The fourth-order valence-electron chi connectivity index (χ4n) is 3.59. The predicted molar refractivity (Wildman–Crippen MR) is 123 cm³/mol. The second-order valence-electron chi connectivity index (χ2n) is 7.98. The molecule has 3 rings (SSSR count). The molecule has 2 aromatic rings. The van der Waals surface area contributed by atoms with E-state index >= 15 is 0 Å². The van der Waals surface area contributed by atoms with Crippen molar-refractivity contribution in [3.05, 3.63) is 57.5 Å². The highest BCUT2D eigenvalue weighted by Gasteiger charge is 2.24. The maximum Gasteiger partial charge on any atom is 0.255 e. The van der Waals surface area contributed by atoms with Gasteiger partial charge in [0.25, 0.3) is 5.91 Å². The molecule has 0 spiro atoms. The average molecular weight is 425 g/mol. The molecule has 1 aromatic heterocycles. The number of carbonyl (C=O) groups is 1. The molecule has 1 aromatic carbocycles. The number of hydrogen-bond donors (Lipinski definition) is 0. The number of aromatic nitrogens is 1. The van der Waals surface area contributed by atoms with E-state index in [1.54, 1.807) is 24.1 Å². The minimum absolute atomic E-state index is 0.0449. The summed E-state index contributed by atoms with van der Waals surface area (Å²) in [6.45, 7) is 9.53. The lowest BCUT2D eigenvalue weighted by Crippen LogP contribution is -2.31. The van der Waals surface area contributed by atoms with Crippen molar-refractivity contribution in [2.75, 3.05) is 26.8 Å². The molecule has 6 heteroatoms. The van der Waals surface area contributed by atoms with Gasteiger partial charge in [0, 0.05) is 42.8 Å². The van der Waals surface area contributed by atoms with Gasteiger partial charge in [-0.3, -0.25) is 9.59 Å². The molecule has 0 saturated heterocycles. The van der Waals surface area contributed by atoms with Crippen LogP contribution in [0.15, 0.2) is 35.1 Å². The highest BCUT2D eigenvalue weighted by Crippen LogP contribution is 2.35. The van der Waals surface area contributed by atoms with E-state index in [2.05, 4.69) is 0 Å². The zero-order valence-corrected chi connectivity index (χ0v) is 19.1. The van der Waals surface area contributed by atoms with E-state index in [1.165, 1.54) is 12.8 Å². The van der Waals surface area contributed by atoms with E-state index in [0.29, 0.717) is 42.7 Å². The zero-order chi connectivity index (χ0) is 22.5. The van der Waals surface area contributed by atoms with Crippen molar-refractivity contribution in [2.45, 2.75) is 40.5 Å². The molecule has 0 atom stereocenters. The fraction of sp³-hybridized carbons (Fsp3) is 0.440. The summed E-state index contributed by atoms with van der Waals surface area (Å²) in [5, 5.41) is 0. The molecule has 1 heterocycles. The van der Waals surface area contributed by atoms with Crippen molar-refractivity contribution in [1.29, 1.82) is 0 Å². The summed E-state index contributed by atoms with van der Waals surface area (Å²) < 4.78 is 13.4. The Labute approximate surface area is 184 Å². The SMILES string of the molecule is CCN(CC)C(=O)/C(=C\n1c(C)cc(=O)cc1C)c1ccc(OC)c(OCC2CC2)c1. The van der Waals surface area contributed by atoms with Gasteiger partial charge in [0.15, 0.2) is 16.9 Å². The maximum absolute atomic E-state index is 13.5. The van der Waals surface area contributed by atoms with E-state index in [1.807, 2.05) is 56.7 Å². The number of rotatable bonds is 9. The summed E-state index contributed by atoms with van der Waals surface area (Å²) in [5.41, 5.74) is 2.79. The molecule has 1 fully saturated rings. The number of carbonyl (C=O) groups excluding carboxylic acids is 1. The van der Waals surface area contributed by atoms with Crippen LogP contribution >= 0.6 is 0 Å². The molecule has 0 bridgehead atoms. The molecule has 1 saturated carbocycles. The second kappa shape index (κ2) is 9.86. The van der Waals surface area contributed by atoms with Gasteiger partial charge in [-0.05, 0) is 64.2 Å². The van der Waals surface area contributed by atoms with Gasteiger partial charge in [0.1, 0.15) is 0 Å². The van der Waals surface area contributed by atoms with Crippen LogP contribution in [0.5, 0.6) is 11.5 Å². The third-order valence-corrected chi connectivity index (χ3v) is 5.65. The Morgan fingerprint density at radius 3 is 2.29 bits per heavy atom. The quantitative estimate of drug-likeness (QED) is 0.568. The first-order valence-corrected chi connectivity index (χ1v) is 10.9. The van der Waals surface area contributed by atoms with Gasteiger partial charge in [-0.2, -0.15) is 0 Å². The Kier molecular flexibility index (Phi) is 7.21. The van der Waals surface area contributed by atoms with Gasteiger partial charge in [-0.1, -0.05) is 6.07 Å². The Morgan fingerprint density at radius 1 is 1.10 bits per heavy atom. The fourth-order valence-corrected chi connectivity index (χ4v) is 3.59. The third-order valence-electron chi connectivity index (χ3n) is 5.65. The summed E-state index contributed by atoms with van der Waals surface area (Å²) in [5.74, 6) is 1.82. The number of amides is 1. The van der Waals surface area contributed by atoms with Gasteiger partial charge in [-0.25, -0.2) is 0 Å². The molecule has 31 heavy (non-hydrogen) atoms. The lowest BCUT2D eigenvalue weighted by molar-refractivity contribution is -0.124. The molecule has 1 aliphatic rings. The van der Waals surface area contributed by atoms with Crippen LogP contribution in [0.4, 0.5) is 0 Å². The largest absolute Gasteiger partial charge is 0.493 e. The first-order chi connectivity index (χ1) is 14.9. The summed E-state index contributed by atoms with van der Waals surface area (Å²) in [7, 11) is 1.61. The van der Waals surface area contributed by atoms with Gasteiger partial charge in [-0.15, -0.1) is 0 Å². The topological polar surface area (TPSA) is 60.8 Å². The van der Waals surface area contributed by atoms with Gasteiger partial charge >= 0.3 is 0 Å². The first kappa shape index (κ1) is 22.7. The number of aryl methyl sites for hydroxylation is 2. The number of methoxy groups -OCH3 is 1. The van der Waals surface area contributed by atoms with Crippen molar-refractivity contribution in [3.8, 4) is 11.5 Å². The van der Waals surface area contributed by atoms with Crippen molar-refractivity contribution in [1.82, 2.24) is 9.47 Å². The minimum atomic E-state index is -0.0687. The molecule has 1 amide bonds. The smallest absolute Gasteiger partial charge is 0.255 e. The number of hydrogen-bond acceptors (Lipinski definition) is 4. The third kappa shape index (κ3) is 5.37. The van der Waals surface area contributed by atoms with Crippen LogP contribution in [-0.4, -0.2) is 42.2 Å². The molecule has 0 unspecified atom stereocenters. The second-order valence-corrected chi connectivity index (χ2v) is 7.98. The van der Waals surface area contributed by atoms with Crippen molar-refractivity contribution in [3.63, 3.8) is 0 Å². The Hall–Kier alpha value is -3.02. The molecule has 6 nitrogen and oxygen atoms in total. The van der Waals surface area contributed by atoms with Crippen LogP contribution in [0.3, 0.4) is 0 Å². The van der Waals surface area contributed by atoms with E-state index in [0.717, 1.165) is 17.0 Å². The van der Waals surface area contributed by atoms with Crippen LogP contribution in [0.2, 0.25) is 0 Å². The Bertz CT molecular complexity index is 1000. The van der Waals surface area contributed by atoms with E-state index < -0.39 is 0 Å². The monoisotopic (exact) mass is 424 g/mol. The highest BCUT2D eigenvalue weighted by molar-refractivity contribution is 6.23. The van der Waals surface area contributed by atoms with Crippen LogP contribution < -0.4 is 14.9 Å². The zero-order valence-electron chi connectivity index (χ0n) is 19.1. The van der Waals surface area contributed by atoms with Crippen molar-refractivity contribution >= 4 is 17.7 Å². The number of pyridine rings is 1. The van der Waals surface area contributed by atoms with Gasteiger partial charge < -0.3 is 18.9 Å². The molecular weight excluding hydrogens is 392 g/mol. The molecule has 0 radical (unpaired) electrons.